The van der Waals surface area contributed by atoms with Gasteiger partial charge in [-0.05, 0) is 161 Å². The van der Waals surface area contributed by atoms with Gasteiger partial charge in [0.25, 0.3) is 6.71 Å². The zero-order chi connectivity index (χ0) is 37.6. The van der Waals surface area contributed by atoms with Gasteiger partial charge >= 0.3 is 0 Å². The summed E-state index contributed by atoms with van der Waals surface area (Å²) >= 11 is 0. The average molecular weight is 764 g/mol. The Labute approximate surface area is 340 Å². The van der Waals surface area contributed by atoms with Gasteiger partial charge in [0.1, 0.15) is 31.8 Å². The molecular weight excluding hydrogens is 709 g/mol. The highest BCUT2D eigenvalue weighted by Gasteiger charge is 2.52. The van der Waals surface area contributed by atoms with Gasteiger partial charge in [0, 0.05) is 29.0 Å². The fourth-order valence-electron chi connectivity index (χ4n) is 15.1. The second kappa shape index (κ2) is 12.2. The monoisotopic (exact) mass is 763 g/mol. The first-order valence-electron chi connectivity index (χ1n) is 22.7. The summed E-state index contributed by atoms with van der Waals surface area (Å²) < 4.78 is 14.4. The summed E-state index contributed by atoms with van der Waals surface area (Å²) in [6.07, 6.45) is 18.1. The van der Waals surface area contributed by atoms with Gasteiger partial charge in [-0.1, -0.05) is 93.4 Å². The number of hydrogen-bond acceptors (Lipinski definition) is 3. The number of benzene rings is 5. The number of fused-ring (bicyclic) bond motifs is 8. The Morgan fingerprint density at radius 1 is 0.614 bits per heavy atom. The standard InChI is InChI=1S/C52H54BNO2Si/c1-3-51(27-32-9-8-10-33(19-32)28-51)37-15-17-44-40(23-37)53-41-24-38(52-29-34-20-35(30-52)22-36(21-34)31-52)16-18-45(41)56-47-26-39(25-46(55-44)50(47)53)54-42-11-4-6-13-48(42)57(2)49-14-7-5-12-43(49)54/h4-7,11-18,23-26,32-36,57H,3,8-10,19-22,27-31H2,1-2H3. The molecule has 0 N–H and O–H groups in total. The van der Waals surface area contributed by atoms with E-state index >= 15 is 0 Å². The molecule has 3 aliphatic heterocycles. The molecule has 0 radical (unpaired) electrons. The van der Waals surface area contributed by atoms with Crippen LogP contribution >= 0.6 is 0 Å². The van der Waals surface area contributed by atoms with E-state index in [1.165, 1.54) is 122 Å². The fraction of sp³-hybridized carbons (Fsp3) is 0.423. The maximum atomic E-state index is 7.18. The molecule has 9 aliphatic rings. The molecule has 2 atom stereocenters. The van der Waals surface area contributed by atoms with Gasteiger partial charge in [-0.3, -0.25) is 0 Å². The van der Waals surface area contributed by atoms with E-state index < -0.39 is 8.80 Å². The van der Waals surface area contributed by atoms with Crippen LogP contribution in [0.15, 0.2) is 97.1 Å². The van der Waals surface area contributed by atoms with Crippen LogP contribution in [0.1, 0.15) is 102 Å². The fourth-order valence-corrected chi connectivity index (χ4v) is 17.6. The number of anilines is 3. The lowest BCUT2D eigenvalue weighted by Gasteiger charge is -2.57. The van der Waals surface area contributed by atoms with Gasteiger partial charge in [0.05, 0.1) is 5.69 Å². The van der Waals surface area contributed by atoms with Gasteiger partial charge in [-0.25, -0.2) is 0 Å². The third kappa shape index (κ3) is 4.90. The molecule has 5 heteroatoms. The topological polar surface area (TPSA) is 21.7 Å². The molecule has 6 aliphatic carbocycles. The van der Waals surface area contributed by atoms with Crippen LogP contribution in [0, 0.1) is 29.6 Å². The number of para-hydroxylation sites is 2. The first-order chi connectivity index (χ1) is 27.9. The smallest absolute Gasteiger partial charge is 0.260 e. The molecule has 57 heavy (non-hydrogen) atoms. The van der Waals surface area contributed by atoms with Crippen LogP contribution in [0.2, 0.25) is 6.55 Å². The lowest BCUT2D eigenvalue weighted by molar-refractivity contribution is -0.00516. The molecule has 14 rings (SSSR count). The largest absolute Gasteiger partial charge is 0.458 e. The maximum absolute atomic E-state index is 7.18. The summed E-state index contributed by atoms with van der Waals surface area (Å²) in [5.74, 6) is 8.43. The Morgan fingerprint density at radius 3 is 1.72 bits per heavy atom. The molecular formula is C52H54BNO2Si. The van der Waals surface area contributed by atoms with Crippen molar-refractivity contribution in [3.8, 4) is 23.0 Å². The van der Waals surface area contributed by atoms with Crippen LogP contribution in [-0.2, 0) is 10.8 Å². The van der Waals surface area contributed by atoms with E-state index in [2.05, 4.69) is 115 Å². The Morgan fingerprint density at radius 2 is 1.14 bits per heavy atom. The molecule has 5 aromatic rings. The lowest BCUT2D eigenvalue weighted by Crippen LogP contribution is -2.58. The van der Waals surface area contributed by atoms with E-state index in [0.29, 0.717) is 5.41 Å². The first-order valence-corrected chi connectivity index (χ1v) is 25.1. The minimum absolute atomic E-state index is 0.0794. The van der Waals surface area contributed by atoms with Crippen molar-refractivity contribution >= 4 is 59.3 Å². The molecule has 0 aromatic heterocycles. The highest BCUT2D eigenvalue weighted by Crippen LogP contribution is 2.61. The summed E-state index contributed by atoms with van der Waals surface area (Å²) in [6.45, 7) is 5.02. The second-order valence-corrected chi connectivity index (χ2v) is 23.0. The molecule has 6 fully saturated rings. The summed E-state index contributed by atoms with van der Waals surface area (Å²) in [5, 5.41) is 2.97. The van der Waals surface area contributed by atoms with Crippen molar-refractivity contribution in [3.05, 3.63) is 108 Å². The molecule has 6 bridgehead atoms. The van der Waals surface area contributed by atoms with Crippen LogP contribution in [0.4, 0.5) is 17.1 Å². The Kier molecular flexibility index (Phi) is 7.20. The second-order valence-electron chi connectivity index (χ2n) is 20.3. The van der Waals surface area contributed by atoms with Crippen molar-refractivity contribution in [1.82, 2.24) is 0 Å². The normalized spacial score (nSPS) is 31.0. The third-order valence-corrected chi connectivity index (χ3v) is 20.0. The molecule has 2 unspecified atom stereocenters. The summed E-state index contributed by atoms with van der Waals surface area (Å²) in [6, 6.07) is 37.8. The molecule has 3 nitrogen and oxygen atoms in total. The highest BCUT2D eigenvalue weighted by molar-refractivity contribution is 6.98. The molecule has 0 spiro atoms. The van der Waals surface area contributed by atoms with Crippen LogP contribution in [0.25, 0.3) is 0 Å². The minimum Gasteiger partial charge on any atom is -0.458 e. The van der Waals surface area contributed by atoms with Crippen LogP contribution in [0.3, 0.4) is 0 Å². The van der Waals surface area contributed by atoms with E-state index in [1.807, 2.05) is 0 Å². The Balaban J connectivity index is 0.989. The number of hydrogen-bond donors (Lipinski definition) is 0. The van der Waals surface area contributed by atoms with Crippen molar-refractivity contribution in [2.24, 2.45) is 29.6 Å². The van der Waals surface area contributed by atoms with Crippen molar-refractivity contribution in [2.75, 3.05) is 4.90 Å². The van der Waals surface area contributed by atoms with E-state index in [4.69, 9.17) is 9.47 Å². The zero-order valence-electron chi connectivity index (χ0n) is 33.7. The maximum Gasteiger partial charge on any atom is 0.260 e. The molecule has 3 heterocycles. The van der Waals surface area contributed by atoms with Crippen molar-refractivity contribution in [1.29, 1.82) is 0 Å². The molecule has 6 saturated carbocycles. The van der Waals surface area contributed by atoms with Crippen molar-refractivity contribution < 1.29 is 9.47 Å². The predicted octanol–water partition coefficient (Wildman–Crippen LogP) is 9.88. The Bertz CT molecular complexity index is 2380. The van der Waals surface area contributed by atoms with Crippen LogP contribution in [0.5, 0.6) is 23.0 Å². The third-order valence-electron chi connectivity index (χ3n) is 17.2. The first kappa shape index (κ1) is 33.7. The minimum atomic E-state index is -1.35. The van der Waals surface area contributed by atoms with E-state index in [9.17, 15) is 0 Å². The molecule has 286 valence electrons. The lowest BCUT2D eigenvalue weighted by atomic mass is 9.34. The SMILES string of the molecule is CCC1(c2ccc3c(c2)B2c4cc(C56CC7CC(CC(C7)C5)C6)ccc4Oc4cc(N5c6ccccc6[SiH](C)c6ccccc65)cc(c42)O3)CC2CCCC(C2)C1. The Hall–Kier alpha value is -4.22. The van der Waals surface area contributed by atoms with Gasteiger partial charge < -0.3 is 14.4 Å². The van der Waals surface area contributed by atoms with Gasteiger partial charge in [-0.2, -0.15) is 0 Å². The van der Waals surface area contributed by atoms with E-state index in [1.54, 1.807) is 11.1 Å². The quantitative estimate of drug-likeness (QED) is 0.167. The molecule has 0 amide bonds. The van der Waals surface area contributed by atoms with Crippen molar-refractivity contribution in [3.63, 3.8) is 0 Å². The van der Waals surface area contributed by atoms with Crippen molar-refractivity contribution in [2.45, 2.75) is 108 Å². The zero-order valence-corrected chi connectivity index (χ0v) is 34.9. The molecule has 5 aromatic carbocycles. The highest BCUT2D eigenvalue weighted by atomic mass is 28.3. The predicted molar refractivity (Wildman–Crippen MR) is 238 cm³/mol. The molecule has 0 saturated heterocycles. The van der Waals surface area contributed by atoms with E-state index in [0.717, 1.165) is 58.3 Å². The van der Waals surface area contributed by atoms with E-state index in [-0.39, 0.29) is 12.1 Å². The van der Waals surface area contributed by atoms with Crippen LogP contribution in [-0.4, -0.2) is 15.5 Å². The van der Waals surface area contributed by atoms with Gasteiger partial charge in [0.2, 0.25) is 0 Å². The summed E-state index contributed by atoms with van der Waals surface area (Å²) in [7, 11) is -1.35. The number of nitrogens with zero attached hydrogens (tertiary/aromatic N) is 1. The van der Waals surface area contributed by atoms with Crippen LogP contribution < -0.4 is 41.1 Å². The average Bonchev–Trinajstić information content (AvgIpc) is 3.22. The van der Waals surface area contributed by atoms with Gasteiger partial charge in [-0.15, -0.1) is 0 Å². The summed E-state index contributed by atoms with van der Waals surface area (Å²) in [4.78, 5) is 2.48. The number of rotatable bonds is 4. The van der Waals surface area contributed by atoms with Gasteiger partial charge in [0.15, 0.2) is 0 Å². The number of ether oxygens (including phenoxy) is 2. The summed E-state index contributed by atoms with van der Waals surface area (Å²) in [5.41, 5.74) is 11.3.